The standard InChI is InChI=1S/C26H32N4O4S/c1-32-23-7-3-5-20(13-23)15-30(16-21-6-4-8-24(14-21)33-2)26-28-22(19-35-26)18-34-12-11-29-10-9-27-25(31)17-29/h3-8,13-14,19H,9-12,15-18H2,1-2H3,(H,27,31). The lowest BCUT2D eigenvalue weighted by Gasteiger charge is -2.26. The SMILES string of the molecule is COc1cccc(CN(Cc2cccc(OC)c2)c2nc(COCCN3CCNC(=O)C3)cs2)c1. The molecule has 0 spiro atoms. The van der Waals surface area contributed by atoms with Crippen molar-refractivity contribution in [2.75, 3.05) is 51.9 Å². The van der Waals surface area contributed by atoms with Crippen LogP contribution in [-0.4, -0.2) is 62.8 Å². The smallest absolute Gasteiger partial charge is 0.234 e. The van der Waals surface area contributed by atoms with E-state index in [9.17, 15) is 4.79 Å². The number of carbonyl (C=O) groups is 1. The Hall–Kier alpha value is -3.14. The second kappa shape index (κ2) is 12.5. The van der Waals surface area contributed by atoms with Crippen LogP contribution >= 0.6 is 11.3 Å². The minimum atomic E-state index is 0.0764. The molecule has 1 amide bonds. The van der Waals surface area contributed by atoms with Gasteiger partial charge in [-0.05, 0) is 35.4 Å². The zero-order valence-electron chi connectivity index (χ0n) is 20.2. The Morgan fingerprint density at radius 3 is 2.37 bits per heavy atom. The number of nitrogens with one attached hydrogen (secondary N) is 1. The van der Waals surface area contributed by atoms with E-state index in [2.05, 4.69) is 39.4 Å². The average Bonchev–Trinajstić information content (AvgIpc) is 3.35. The zero-order valence-corrected chi connectivity index (χ0v) is 21.1. The van der Waals surface area contributed by atoms with Crippen LogP contribution in [0.15, 0.2) is 53.9 Å². The minimum Gasteiger partial charge on any atom is -0.497 e. The first-order valence-electron chi connectivity index (χ1n) is 11.6. The molecule has 1 aromatic heterocycles. The summed E-state index contributed by atoms with van der Waals surface area (Å²) >= 11 is 1.61. The Kier molecular flexibility index (Phi) is 8.94. The third-order valence-corrected chi connectivity index (χ3v) is 6.69. The molecule has 4 rings (SSSR count). The number of anilines is 1. The van der Waals surface area contributed by atoms with Gasteiger partial charge in [0.1, 0.15) is 11.5 Å². The molecule has 2 heterocycles. The lowest BCUT2D eigenvalue weighted by molar-refractivity contribution is -0.124. The highest BCUT2D eigenvalue weighted by Gasteiger charge is 2.16. The topological polar surface area (TPSA) is 76.2 Å². The van der Waals surface area contributed by atoms with Crippen LogP contribution in [0.3, 0.4) is 0 Å². The first-order valence-corrected chi connectivity index (χ1v) is 12.5. The molecule has 3 aromatic rings. The fraction of sp³-hybridized carbons (Fsp3) is 0.385. The molecule has 1 aliphatic rings. The predicted molar refractivity (Wildman–Crippen MR) is 137 cm³/mol. The first kappa shape index (κ1) is 25.0. The summed E-state index contributed by atoms with van der Waals surface area (Å²) in [6.45, 7) is 5.14. The summed E-state index contributed by atoms with van der Waals surface area (Å²) in [5.74, 6) is 1.75. The van der Waals surface area contributed by atoms with Gasteiger partial charge in [-0.1, -0.05) is 24.3 Å². The van der Waals surface area contributed by atoms with E-state index in [4.69, 9.17) is 19.2 Å². The number of thiazole rings is 1. The van der Waals surface area contributed by atoms with Crippen LogP contribution in [-0.2, 0) is 29.2 Å². The number of ether oxygens (including phenoxy) is 3. The van der Waals surface area contributed by atoms with Gasteiger partial charge in [-0.3, -0.25) is 9.69 Å². The third-order valence-electron chi connectivity index (χ3n) is 5.74. The highest BCUT2D eigenvalue weighted by atomic mass is 32.1. The van der Waals surface area contributed by atoms with Crippen LogP contribution in [0.4, 0.5) is 5.13 Å². The van der Waals surface area contributed by atoms with Crippen molar-refractivity contribution in [2.24, 2.45) is 0 Å². The van der Waals surface area contributed by atoms with Crippen molar-refractivity contribution < 1.29 is 19.0 Å². The van der Waals surface area contributed by atoms with Crippen molar-refractivity contribution in [1.29, 1.82) is 0 Å². The molecule has 0 aliphatic carbocycles. The maximum absolute atomic E-state index is 11.5. The van der Waals surface area contributed by atoms with E-state index in [0.717, 1.165) is 46.5 Å². The van der Waals surface area contributed by atoms with Gasteiger partial charge in [-0.25, -0.2) is 4.98 Å². The quantitative estimate of drug-likeness (QED) is 0.386. The number of benzene rings is 2. The van der Waals surface area contributed by atoms with Crippen molar-refractivity contribution in [1.82, 2.24) is 15.2 Å². The summed E-state index contributed by atoms with van der Waals surface area (Å²) < 4.78 is 16.7. The van der Waals surface area contributed by atoms with E-state index in [1.165, 1.54) is 0 Å². The van der Waals surface area contributed by atoms with Crippen LogP contribution < -0.4 is 19.7 Å². The first-order chi connectivity index (χ1) is 17.1. The molecule has 1 fully saturated rings. The number of methoxy groups -OCH3 is 2. The molecular weight excluding hydrogens is 464 g/mol. The van der Waals surface area contributed by atoms with Gasteiger partial charge in [0.05, 0.1) is 39.7 Å². The lowest BCUT2D eigenvalue weighted by Crippen LogP contribution is -2.48. The number of nitrogens with zero attached hydrogens (tertiary/aromatic N) is 3. The summed E-state index contributed by atoms with van der Waals surface area (Å²) in [6.07, 6.45) is 0. The molecule has 9 heteroatoms. The molecule has 1 saturated heterocycles. The summed E-state index contributed by atoms with van der Waals surface area (Å²) in [5.41, 5.74) is 3.19. The summed E-state index contributed by atoms with van der Waals surface area (Å²) in [4.78, 5) is 20.7. The van der Waals surface area contributed by atoms with Gasteiger partial charge in [0, 0.05) is 38.1 Å². The van der Waals surface area contributed by atoms with E-state index in [1.54, 1.807) is 25.6 Å². The van der Waals surface area contributed by atoms with E-state index < -0.39 is 0 Å². The largest absolute Gasteiger partial charge is 0.497 e. The monoisotopic (exact) mass is 496 g/mol. The molecule has 1 aliphatic heterocycles. The molecular formula is C26H32N4O4S. The van der Waals surface area contributed by atoms with Gasteiger partial charge in [0.2, 0.25) is 5.91 Å². The van der Waals surface area contributed by atoms with Crippen molar-refractivity contribution >= 4 is 22.4 Å². The van der Waals surface area contributed by atoms with E-state index in [0.29, 0.717) is 39.4 Å². The molecule has 8 nitrogen and oxygen atoms in total. The van der Waals surface area contributed by atoms with Crippen LogP contribution in [0.5, 0.6) is 11.5 Å². The van der Waals surface area contributed by atoms with E-state index in [-0.39, 0.29) is 5.91 Å². The van der Waals surface area contributed by atoms with Gasteiger partial charge < -0.3 is 24.4 Å². The Balaban J connectivity index is 1.40. The van der Waals surface area contributed by atoms with Gasteiger partial charge in [0.25, 0.3) is 0 Å². The number of piperazine rings is 1. The molecule has 0 bridgehead atoms. The number of hydrogen-bond acceptors (Lipinski definition) is 8. The fourth-order valence-electron chi connectivity index (χ4n) is 3.93. The van der Waals surface area contributed by atoms with E-state index >= 15 is 0 Å². The maximum atomic E-state index is 11.5. The average molecular weight is 497 g/mol. The second-order valence-corrected chi connectivity index (χ2v) is 9.20. The molecule has 0 atom stereocenters. The van der Waals surface area contributed by atoms with Crippen molar-refractivity contribution in [3.05, 3.63) is 70.7 Å². The van der Waals surface area contributed by atoms with Crippen molar-refractivity contribution in [3.8, 4) is 11.5 Å². The van der Waals surface area contributed by atoms with Crippen LogP contribution in [0.1, 0.15) is 16.8 Å². The maximum Gasteiger partial charge on any atom is 0.234 e. The normalized spacial score (nSPS) is 13.9. The summed E-state index contributed by atoms with van der Waals surface area (Å²) in [5, 5.41) is 5.82. The van der Waals surface area contributed by atoms with Crippen LogP contribution in [0, 0.1) is 0 Å². The van der Waals surface area contributed by atoms with Gasteiger partial charge in [-0.15, -0.1) is 11.3 Å². The number of hydrogen-bond donors (Lipinski definition) is 1. The molecule has 0 unspecified atom stereocenters. The van der Waals surface area contributed by atoms with Crippen LogP contribution in [0.25, 0.3) is 0 Å². The number of aromatic nitrogens is 1. The predicted octanol–water partition coefficient (Wildman–Crippen LogP) is 3.32. The number of carbonyl (C=O) groups excluding carboxylic acids is 1. The van der Waals surface area contributed by atoms with Crippen LogP contribution in [0.2, 0.25) is 0 Å². The lowest BCUT2D eigenvalue weighted by atomic mass is 10.1. The van der Waals surface area contributed by atoms with Gasteiger partial charge >= 0.3 is 0 Å². The Labute approximate surface area is 210 Å². The second-order valence-electron chi connectivity index (χ2n) is 8.36. The Morgan fingerprint density at radius 2 is 1.74 bits per heavy atom. The molecule has 1 N–H and O–H groups in total. The highest BCUT2D eigenvalue weighted by Crippen LogP contribution is 2.27. The highest BCUT2D eigenvalue weighted by molar-refractivity contribution is 7.13. The number of rotatable bonds is 12. The van der Waals surface area contributed by atoms with Crippen molar-refractivity contribution in [2.45, 2.75) is 19.7 Å². The Bertz CT molecular complexity index is 1060. The Morgan fingerprint density at radius 1 is 1.06 bits per heavy atom. The molecule has 2 aromatic carbocycles. The summed E-state index contributed by atoms with van der Waals surface area (Å²) in [6, 6.07) is 16.2. The van der Waals surface area contributed by atoms with E-state index in [1.807, 2.05) is 29.6 Å². The summed E-state index contributed by atoms with van der Waals surface area (Å²) in [7, 11) is 3.36. The third kappa shape index (κ3) is 7.42. The molecule has 186 valence electrons. The van der Waals surface area contributed by atoms with Gasteiger partial charge in [0.15, 0.2) is 5.13 Å². The minimum absolute atomic E-state index is 0.0764. The molecule has 35 heavy (non-hydrogen) atoms. The van der Waals surface area contributed by atoms with Gasteiger partial charge in [-0.2, -0.15) is 0 Å². The number of amides is 1. The zero-order chi connectivity index (χ0) is 24.5. The molecule has 0 saturated carbocycles. The van der Waals surface area contributed by atoms with Crippen molar-refractivity contribution in [3.63, 3.8) is 0 Å². The fourth-order valence-corrected chi connectivity index (χ4v) is 4.74. The molecule has 0 radical (unpaired) electrons.